The van der Waals surface area contributed by atoms with Crippen LogP contribution in [0.25, 0.3) is 5.69 Å². The van der Waals surface area contributed by atoms with Crippen LogP contribution in [-0.2, 0) is 0 Å². The van der Waals surface area contributed by atoms with E-state index < -0.39 is 5.91 Å². The third kappa shape index (κ3) is 3.92. The molecule has 174 valence electrons. The van der Waals surface area contributed by atoms with Gasteiger partial charge in [0.25, 0.3) is 11.8 Å². The van der Waals surface area contributed by atoms with Crippen LogP contribution in [0.15, 0.2) is 30.5 Å². The van der Waals surface area contributed by atoms with Gasteiger partial charge < -0.3 is 15.8 Å². The van der Waals surface area contributed by atoms with Crippen molar-refractivity contribution in [3.05, 3.63) is 57.2 Å². The molecule has 1 spiro atoms. The third-order valence-electron chi connectivity index (χ3n) is 6.72. The first-order valence-corrected chi connectivity index (χ1v) is 11.9. The summed E-state index contributed by atoms with van der Waals surface area (Å²) in [5.74, 6) is -0.305. The standard InChI is InChI=1S/C24H24N6O3S/c1-13-19(12-27-30(13)17-5-3-15(11-25)4-6-17)22(32)29-16-7-24(8-16)9-18(10-24)33-23-20(21(26)31)34-14(2)28-23/h3-6,12,16,18H,7-10H2,1-2H3,(H2,26,31)(H,29,32)/t16-,18-,24?. The van der Waals surface area contributed by atoms with Crippen molar-refractivity contribution in [1.29, 1.82) is 5.26 Å². The van der Waals surface area contributed by atoms with Gasteiger partial charge in [-0.05, 0) is 69.2 Å². The average molecular weight is 477 g/mol. The molecule has 34 heavy (non-hydrogen) atoms. The second kappa shape index (κ2) is 8.25. The number of ether oxygens (including phenoxy) is 1. The van der Waals surface area contributed by atoms with Gasteiger partial charge in [-0.2, -0.15) is 10.4 Å². The van der Waals surface area contributed by atoms with Crippen molar-refractivity contribution in [2.75, 3.05) is 0 Å². The first kappa shape index (κ1) is 22.1. The first-order valence-electron chi connectivity index (χ1n) is 11.1. The van der Waals surface area contributed by atoms with E-state index in [1.807, 2.05) is 26.0 Å². The Morgan fingerprint density at radius 2 is 1.94 bits per heavy atom. The molecule has 2 saturated carbocycles. The molecule has 0 unspecified atom stereocenters. The highest BCUT2D eigenvalue weighted by atomic mass is 32.1. The molecule has 2 aliphatic rings. The number of nitriles is 1. The monoisotopic (exact) mass is 476 g/mol. The molecule has 9 nitrogen and oxygen atoms in total. The van der Waals surface area contributed by atoms with Gasteiger partial charge in [0, 0.05) is 6.04 Å². The number of nitrogens with zero attached hydrogens (tertiary/aromatic N) is 4. The fraction of sp³-hybridized carbons (Fsp3) is 0.375. The zero-order chi connectivity index (χ0) is 24.0. The highest BCUT2D eigenvalue weighted by molar-refractivity contribution is 7.13. The number of nitrogens with one attached hydrogen (secondary N) is 1. The van der Waals surface area contributed by atoms with Crippen molar-refractivity contribution in [1.82, 2.24) is 20.1 Å². The van der Waals surface area contributed by atoms with Gasteiger partial charge in [-0.15, -0.1) is 11.3 Å². The Bertz CT molecular complexity index is 1310. The number of aromatic nitrogens is 3. The average Bonchev–Trinajstić information content (AvgIpc) is 3.33. The summed E-state index contributed by atoms with van der Waals surface area (Å²) in [5.41, 5.74) is 8.26. The van der Waals surface area contributed by atoms with Crippen molar-refractivity contribution < 1.29 is 14.3 Å². The van der Waals surface area contributed by atoms with Gasteiger partial charge >= 0.3 is 0 Å². The second-order valence-corrected chi connectivity index (χ2v) is 10.4. The molecule has 10 heteroatoms. The molecule has 5 rings (SSSR count). The molecular formula is C24H24N6O3S. The molecule has 0 atom stereocenters. The van der Waals surface area contributed by atoms with E-state index in [2.05, 4.69) is 21.5 Å². The van der Waals surface area contributed by atoms with E-state index in [1.54, 1.807) is 23.0 Å². The molecule has 0 aliphatic heterocycles. The molecule has 3 aromatic rings. The zero-order valence-electron chi connectivity index (χ0n) is 18.9. The van der Waals surface area contributed by atoms with E-state index in [-0.39, 0.29) is 23.5 Å². The van der Waals surface area contributed by atoms with Gasteiger partial charge in [-0.3, -0.25) is 9.59 Å². The highest BCUT2D eigenvalue weighted by Crippen LogP contribution is 2.57. The van der Waals surface area contributed by atoms with Crippen LogP contribution in [0.5, 0.6) is 5.88 Å². The molecule has 0 radical (unpaired) electrons. The largest absolute Gasteiger partial charge is 0.473 e. The molecule has 2 heterocycles. The van der Waals surface area contributed by atoms with Crippen molar-refractivity contribution in [2.24, 2.45) is 11.1 Å². The topological polar surface area (TPSA) is 136 Å². The summed E-state index contributed by atoms with van der Waals surface area (Å²) in [6.07, 6.45) is 5.16. The second-order valence-electron chi connectivity index (χ2n) is 9.17. The van der Waals surface area contributed by atoms with E-state index in [9.17, 15) is 9.59 Å². The normalized spacial score (nSPS) is 23.0. The molecule has 2 amide bonds. The number of hydrogen-bond acceptors (Lipinski definition) is 7. The molecule has 2 fully saturated rings. The van der Waals surface area contributed by atoms with Crippen molar-refractivity contribution in [3.8, 4) is 17.6 Å². The summed E-state index contributed by atoms with van der Waals surface area (Å²) in [7, 11) is 0. The van der Waals surface area contributed by atoms with Gasteiger partial charge in [0.1, 0.15) is 6.10 Å². The molecule has 2 aromatic heterocycles. The lowest BCUT2D eigenvalue weighted by atomic mass is 9.53. The summed E-state index contributed by atoms with van der Waals surface area (Å²) >= 11 is 1.25. The Kier molecular flexibility index (Phi) is 5.37. The zero-order valence-corrected chi connectivity index (χ0v) is 19.7. The van der Waals surface area contributed by atoms with Crippen LogP contribution in [-0.4, -0.2) is 38.7 Å². The van der Waals surface area contributed by atoms with Crippen LogP contribution in [0, 0.1) is 30.6 Å². The Morgan fingerprint density at radius 1 is 1.24 bits per heavy atom. The maximum absolute atomic E-state index is 12.9. The predicted molar refractivity (Wildman–Crippen MR) is 125 cm³/mol. The van der Waals surface area contributed by atoms with E-state index in [0.717, 1.165) is 42.1 Å². The molecule has 1 aromatic carbocycles. The molecule has 3 N–H and O–H groups in total. The minimum Gasteiger partial charge on any atom is -0.473 e. The van der Waals surface area contributed by atoms with E-state index in [4.69, 9.17) is 15.7 Å². The number of aryl methyl sites for hydroxylation is 1. The maximum atomic E-state index is 12.9. The van der Waals surface area contributed by atoms with Crippen LogP contribution < -0.4 is 15.8 Å². The van der Waals surface area contributed by atoms with Gasteiger partial charge in [0.05, 0.1) is 39.8 Å². The van der Waals surface area contributed by atoms with Crippen LogP contribution in [0.4, 0.5) is 0 Å². The van der Waals surface area contributed by atoms with Crippen molar-refractivity contribution in [3.63, 3.8) is 0 Å². The Labute approximate surface area is 200 Å². The lowest BCUT2D eigenvalue weighted by molar-refractivity contribution is -0.0846. The SMILES string of the molecule is Cc1nc(O[C@H]2CC3(C[C@H](NC(=O)c4cnn(-c5ccc(C#N)cc5)c4C)C3)C2)c(C(N)=O)s1. The minimum atomic E-state index is -0.515. The van der Waals surface area contributed by atoms with Gasteiger partial charge in [-0.25, -0.2) is 9.67 Å². The highest BCUT2D eigenvalue weighted by Gasteiger charge is 2.54. The van der Waals surface area contributed by atoms with Crippen LogP contribution >= 0.6 is 11.3 Å². The van der Waals surface area contributed by atoms with Crippen LogP contribution in [0.3, 0.4) is 0 Å². The summed E-state index contributed by atoms with van der Waals surface area (Å²) in [4.78, 5) is 29.1. The fourth-order valence-corrected chi connectivity index (χ4v) is 5.75. The first-order chi connectivity index (χ1) is 16.3. The number of carbonyl (C=O) groups excluding carboxylic acids is 2. The van der Waals surface area contributed by atoms with Crippen LogP contribution in [0.2, 0.25) is 0 Å². The van der Waals surface area contributed by atoms with E-state index in [0.29, 0.717) is 21.9 Å². The predicted octanol–water partition coefficient (Wildman–Crippen LogP) is 3.04. The Hall–Kier alpha value is -3.71. The number of rotatable bonds is 6. The number of nitrogens with two attached hydrogens (primary N) is 1. The quantitative estimate of drug-likeness (QED) is 0.561. The number of primary amides is 1. The number of hydrogen-bond donors (Lipinski definition) is 2. The van der Waals surface area contributed by atoms with Gasteiger partial charge in [0.15, 0.2) is 4.88 Å². The molecule has 2 aliphatic carbocycles. The number of benzene rings is 1. The van der Waals surface area contributed by atoms with Crippen molar-refractivity contribution >= 4 is 23.2 Å². The smallest absolute Gasteiger partial charge is 0.264 e. The Balaban J connectivity index is 1.14. The van der Waals surface area contributed by atoms with Gasteiger partial charge in [-0.1, -0.05) is 0 Å². The number of thiazole rings is 1. The number of amides is 2. The minimum absolute atomic E-state index is 0.0177. The summed E-state index contributed by atoms with van der Waals surface area (Å²) in [5, 5.41) is 17.2. The van der Waals surface area contributed by atoms with Crippen molar-refractivity contribution in [2.45, 2.75) is 51.7 Å². The lowest BCUT2D eigenvalue weighted by Crippen LogP contribution is -2.58. The molecular weight excluding hydrogens is 452 g/mol. The molecule has 0 saturated heterocycles. The lowest BCUT2D eigenvalue weighted by Gasteiger charge is -2.57. The third-order valence-corrected chi connectivity index (χ3v) is 7.68. The number of carbonyl (C=O) groups is 2. The maximum Gasteiger partial charge on any atom is 0.264 e. The summed E-state index contributed by atoms with van der Waals surface area (Å²) < 4.78 is 7.64. The van der Waals surface area contributed by atoms with E-state index in [1.165, 1.54) is 11.3 Å². The van der Waals surface area contributed by atoms with Crippen LogP contribution in [0.1, 0.15) is 62.0 Å². The summed E-state index contributed by atoms with van der Waals surface area (Å²) in [6, 6.07) is 9.29. The Morgan fingerprint density at radius 3 is 2.59 bits per heavy atom. The fourth-order valence-electron chi connectivity index (χ4n) is 5.04. The molecule has 0 bridgehead atoms. The van der Waals surface area contributed by atoms with Gasteiger partial charge in [0.2, 0.25) is 5.88 Å². The summed E-state index contributed by atoms with van der Waals surface area (Å²) in [6.45, 7) is 3.68. The van der Waals surface area contributed by atoms with E-state index >= 15 is 0 Å².